The van der Waals surface area contributed by atoms with Gasteiger partial charge < -0.3 is 20.6 Å². The maximum atomic E-state index is 10.9. The van der Waals surface area contributed by atoms with Gasteiger partial charge in [-0.15, -0.1) is 0 Å². The highest BCUT2D eigenvalue weighted by molar-refractivity contribution is 5.88. The number of nitrogens with one attached hydrogen (secondary N) is 2. The fraction of sp³-hybridized carbons (Fsp3) is 0.421. The zero-order valence-electron chi connectivity index (χ0n) is 15.0. The molecule has 2 aliphatic rings. The summed E-state index contributed by atoms with van der Waals surface area (Å²) >= 11 is 0. The lowest BCUT2D eigenvalue weighted by Gasteiger charge is -2.30. The van der Waals surface area contributed by atoms with E-state index < -0.39 is 5.97 Å². The van der Waals surface area contributed by atoms with Crippen molar-refractivity contribution in [3.8, 4) is 0 Å². The number of carboxylic acid groups (broad SMARTS) is 1. The third kappa shape index (κ3) is 2.78. The van der Waals surface area contributed by atoms with Gasteiger partial charge in [0.1, 0.15) is 5.82 Å². The van der Waals surface area contributed by atoms with Crippen LogP contribution >= 0.6 is 0 Å². The lowest BCUT2D eigenvalue weighted by molar-refractivity contribution is 0.0697. The first-order valence-corrected chi connectivity index (χ1v) is 8.78. The van der Waals surface area contributed by atoms with Gasteiger partial charge >= 0.3 is 5.97 Å². The van der Waals surface area contributed by atoms with Crippen molar-refractivity contribution in [3.05, 3.63) is 42.1 Å². The highest BCUT2D eigenvalue weighted by Crippen LogP contribution is 2.49. The van der Waals surface area contributed by atoms with Crippen LogP contribution in [0.5, 0.6) is 0 Å². The van der Waals surface area contributed by atoms with Gasteiger partial charge in [-0.3, -0.25) is 0 Å². The fourth-order valence-electron chi connectivity index (χ4n) is 4.01. The number of anilines is 3. The number of carbonyl (C=O) groups is 1. The van der Waals surface area contributed by atoms with E-state index in [1.807, 2.05) is 6.07 Å². The minimum absolute atomic E-state index is 0.248. The zero-order chi connectivity index (χ0) is 18.4. The number of benzene rings is 1. The van der Waals surface area contributed by atoms with Crippen LogP contribution in [0.3, 0.4) is 0 Å². The quantitative estimate of drug-likeness (QED) is 0.777. The summed E-state index contributed by atoms with van der Waals surface area (Å²) in [6.07, 6.45) is 1.76. The maximum absolute atomic E-state index is 10.9. The Kier molecular flexibility index (Phi) is 3.84. The van der Waals surface area contributed by atoms with Crippen LogP contribution in [0.4, 0.5) is 17.5 Å². The Labute approximate surface area is 152 Å². The van der Waals surface area contributed by atoms with Crippen LogP contribution in [0.25, 0.3) is 0 Å². The normalized spacial score (nSPS) is 27.4. The number of aromatic nitrogens is 2. The molecule has 0 aliphatic carbocycles. The first-order chi connectivity index (χ1) is 12.4. The molecule has 3 N–H and O–H groups in total. The molecule has 2 aromatic rings. The first kappa shape index (κ1) is 16.8. The molecule has 2 aliphatic heterocycles. The SMILES string of the molecule is C[C@@]12CNC[C@]1(C)CN(c1ccnc(Nc3ccc(C(=O)O)cc3)n1)C2. The maximum Gasteiger partial charge on any atom is 0.335 e. The molecule has 4 rings (SSSR count). The molecule has 7 heteroatoms. The molecule has 0 bridgehead atoms. The third-order valence-electron chi connectivity index (χ3n) is 5.92. The molecule has 2 fully saturated rings. The van der Waals surface area contributed by atoms with Crippen LogP contribution < -0.4 is 15.5 Å². The molecule has 1 aromatic carbocycles. The van der Waals surface area contributed by atoms with Gasteiger partial charge in [-0.1, -0.05) is 13.8 Å². The molecule has 2 atom stereocenters. The van der Waals surface area contributed by atoms with Gasteiger partial charge in [0, 0.05) is 48.9 Å². The smallest absolute Gasteiger partial charge is 0.335 e. The van der Waals surface area contributed by atoms with Crippen molar-refractivity contribution < 1.29 is 9.90 Å². The number of fused-ring (bicyclic) bond motifs is 1. The van der Waals surface area contributed by atoms with E-state index >= 15 is 0 Å². The first-order valence-electron chi connectivity index (χ1n) is 8.78. The van der Waals surface area contributed by atoms with Crippen molar-refractivity contribution >= 4 is 23.4 Å². The second-order valence-electron chi connectivity index (χ2n) is 7.83. The molecule has 26 heavy (non-hydrogen) atoms. The third-order valence-corrected chi connectivity index (χ3v) is 5.92. The Morgan fingerprint density at radius 2 is 1.81 bits per heavy atom. The number of nitrogens with zero attached hydrogens (tertiary/aromatic N) is 3. The molecule has 2 saturated heterocycles. The van der Waals surface area contributed by atoms with Crippen LogP contribution in [-0.4, -0.2) is 47.2 Å². The average Bonchev–Trinajstić information content (AvgIpc) is 3.03. The summed E-state index contributed by atoms with van der Waals surface area (Å²) < 4.78 is 0. The monoisotopic (exact) mass is 353 g/mol. The molecule has 136 valence electrons. The van der Waals surface area contributed by atoms with Gasteiger partial charge in [-0.2, -0.15) is 4.98 Å². The predicted octanol–water partition coefficient (Wildman–Crippen LogP) is 2.35. The van der Waals surface area contributed by atoms with Gasteiger partial charge in [0.2, 0.25) is 5.95 Å². The van der Waals surface area contributed by atoms with E-state index in [9.17, 15) is 4.79 Å². The van der Waals surface area contributed by atoms with Crippen molar-refractivity contribution in [1.29, 1.82) is 0 Å². The molecule has 0 amide bonds. The summed E-state index contributed by atoms with van der Waals surface area (Å²) in [6.45, 7) is 8.70. The van der Waals surface area contributed by atoms with Gasteiger partial charge in [0.05, 0.1) is 5.56 Å². The van der Waals surface area contributed by atoms with Crippen molar-refractivity contribution in [2.45, 2.75) is 13.8 Å². The number of aromatic carboxylic acids is 1. The van der Waals surface area contributed by atoms with Crippen LogP contribution in [0.2, 0.25) is 0 Å². The molecular formula is C19H23N5O2. The van der Waals surface area contributed by atoms with Crippen molar-refractivity contribution in [1.82, 2.24) is 15.3 Å². The van der Waals surface area contributed by atoms with E-state index in [0.29, 0.717) is 5.95 Å². The lowest BCUT2D eigenvalue weighted by atomic mass is 9.71. The highest BCUT2D eigenvalue weighted by atomic mass is 16.4. The second kappa shape index (κ2) is 5.95. The topological polar surface area (TPSA) is 90.4 Å². The standard InChI is InChI=1S/C19H23N5O2/c1-18-9-20-10-19(18,2)12-24(11-18)15-7-8-21-17(23-15)22-14-5-3-13(4-6-14)16(25)26/h3-8,20H,9-12H2,1-2H3,(H,25,26)(H,21,22,23)/t18-,19+. The average molecular weight is 353 g/mol. The number of rotatable bonds is 4. The van der Waals surface area contributed by atoms with Gasteiger partial charge in [-0.05, 0) is 30.3 Å². The summed E-state index contributed by atoms with van der Waals surface area (Å²) in [5, 5.41) is 15.6. The van der Waals surface area contributed by atoms with Crippen molar-refractivity contribution in [3.63, 3.8) is 0 Å². The summed E-state index contributed by atoms with van der Waals surface area (Å²) in [7, 11) is 0. The minimum atomic E-state index is -0.939. The van der Waals surface area contributed by atoms with E-state index in [2.05, 4.69) is 39.3 Å². The predicted molar refractivity (Wildman–Crippen MR) is 100 cm³/mol. The Morgan fingerprint density at radius 1 is 1.15 bits per heavy atom. The van der Waals surface area contributed by atoms with E-state index in [0.717, 1.165) is 37.7 Å². The summed E-state index contributed by atoms with van der Waals surface area (Å²) in [4.78, 5) is 22.2. The molecule has 0 radical (unpaired) electrons. The highest BCUT2D eigenvalue weighted by Gasteiger charge is 2.55. The van der Waals surface area contributed by atoms with Crippen LogP contribution in [0, 0.1) is 10.8 Å². The number of hydrogen-bond acceptors (Lipinski definition) is 6. The van der Waals surface area contributed by atoms with Crippen molar-refractivity contribution in [2.24, 2.45) is 10.8 Å². The number of carboxylic acids is 1. The summed E-state index contributed by atoms with van der Waals surface area (Å²) in [5.41, 5.74) is 1.51. The zero-order valence-corrected chi connectivity index (χ0v) is 15.0. The van der Waals surface area contributed by atoms with Gasteiger partial charge in [-0.25, -0.2) is 9.78 Å². The second-order valence-corrected chi connectivity index (χ2v) is 7.83. The molecule has 0 saturated carbocycles. The van der Waals surface area contributed by atoms with Gasteiger partial charge in [0.15, 0.2) is 0 Å². The molecular weight excluding hydrogens is 330 g/mol. The number of hydrogen-bond donors (Lipinski definition) is 3. The largest absolute Gasteiger partial charge is 0.478 e. The van der Waals surface area contributed by atoms with Gasteiger partial charge in [0.25, 0.3) is 0 Å². The van der Waals surface area contributed by atoms with E-state index in [-0.39, 0.29) is 16.4 Å². The minimum Gasteiger partial charge on any atom is -0.478 e. The Balaban J connectivity index is 1.51. The summed E-state index contributed by atoms with van der Waals surface area (Å²) in [5.74, 6) is 0.489. The van der Waals surface area contributed by atoms with Crippen molar-refractivity contribution in [2.75, 3.05) is 36.4 Å². The summed E-state index contributed by atoms with van der Waals surface area (Å²) in [6, 6.07) is 8.50. The Bertz CT molecular complexity index is 822. The van der Waals surface area contributed by atoms with E-state index in [4.69, 9.17) is 5.11 Å². The van der Waals surface area contributed by atoms with E-state index in [1.165, 1.54) is 0 Å². The molecule has 0 unspecified atom stereocenters. The Morgan fingerprint density at radius 3 is 2.42 bits per heavy atom. The van der Waals surface area contributed by atoms with Crippen LogP contribution in [0.1, 0.15) is 24.2 Å². The molecule has 3 heterocycles. The molecule has 7 nitrogen and oxygen atoms in total. The lowest BCUT2D eigenvalue weighted by Crippen LogP contribution is -2.34. The molecule has 1 aromatic heterocycles. The Hall–Kier alpha value is -2.67. The van der Waals surface area contributed by atoms with Crippen LogP contribution in [0.15, 0.2) is 36.5 Å². The molecule has 0 spiro atoms. The van der Waals surface area contributed by atoms with E-state index in [1.54, 1.807) is 30.5 Å². The fourth-order valence-corrected chi connectivity index (χ4v) is 4.01. The van der Waals surface area contributed by atoms with Crippen LogP contribution in [-0.2, 0) is 0 Å².